The van der Waals surface area contributed by atoms with Crippen molar-refractivity contribution in [1.82, 2.24) is 9.78 Å². The van der Waals surface area contributed by atoms with Crippen molar-refractivity contribution < 1.29 is 4.79 Å². The molecule has 0 aliphatic carbocycles. The molecule has 1 N–H and O–H groups in total. The van der Waals surface area contributed by atoms with E-state index in [1.54, 1.807) is 10.9 Å². The molecule has 0 spiro atoms. The number of benzene rings is 1. The van der Waals surface area contributed by atoms with Gasteiger partial charge in [-0.15, -0.1) is 0 Å². The third-order valence-corrected chi connectivity index (χ3v) is 2.25. The number of anilines is 1. The number of nitrogens with one attached hydrogen (secondary N) is 1. The van der Waals surface area contributed by atoms with Gasteiger partial charge in [0, 0.05) is 37.0 Å². The standard InChI is InChI=1S/C12H13N3O/c1-9(16)14-12-6-4-3-5-11(12)10-7-13-15(2)8-10/h3-8H,1-2H3,(H,14,16). The van der Waals surface area contributed by atoms with E-state index >= 15 is 0 Å². The quantitative estimate of drug-likeness (QED) is 0.833. The summed E-state index contributed by atoms with van der Waals surface area (Å²) in [5, 5.41) is 6.92. The molecule has 4 heteroatoms. The Morgan fingerprint density at radius 2 is 2.12 bits per heavy atom. The number of hydrogen-bond acceptors (Lipinski definition) is 2. The lowest BCUT2D eigenvalue weighted by Crippen LogP contribution is -2.06. The van der Waals surface area contributed by atoms with Gasteiger partial charge in [-0.3, -0.25) is 9.48 Å². The van der Waals surface area contributed by atoms with Gasteiger partial charge in [-0.25, -0.2) is 0 Å². The van der Waals surface area contributed by atoms with Crippen LogP contribution in [-0.2, 0) is 11.8 Å². The zero-order chi connectivity index (χ0) is 11.5. The predicted octanol–water partition coefficient (Wildman–Crippen LogP) is 2.05. The first-order valence-corrected chi connectivity index (χ1v) is 5.02. The molecule has 1 aromatic heterocycles. The van der Waals surface area contributed by atoms with Crippen LogP contribution in [0.3, 0.4) is 0 Å². The summed E-state index contributed by atoms with van der Waals surface area (Å²) in [6.45, 7) is 1.50. The van der Waals surface area contributed by atoms with Gasteiger partial charge >= 0.3 is 0 Å². The molecule has 0 bridgehead atoms. The summed E-state index contributed by atoms with van der Waals surface area (Å²) < 4.78 is 1.74. The molecule has 16 heavy (non-hydrogen) atoms. The second-order valence-electron chi connectivity index (χ2n) is 3.63. The number of amides is 1. The largest absolute Gasteiger partial charge is 0.326 e. The molecule has 1 aromatic carbocycles. The molecule has 0 fully saturated rings. The Morgan fingerprint density at radius 3 is 2.75 bits per heavy atom. The van der Waals surface area contributed by atoms with E-state index < -0.39 is 0 Å². The average molecular weight is 215 g/mol. The molecule has 0 aliphatic rings. The Balaban J connectivity index is 2.43. The normalized spacial score (nSPS) is 10.1. The Bertz CT molecular complexity index is 516. The first-order chi connectivity index (χ1) is 7.66. The molecular formula is C12H13N3O. The van der Waals surface area contributed by atoms with Gasteiger partial charge in [0.05, 0.1) is 6.20 Å². The van der Waals surface area contributed by atoms with E-state index in [0.717, 1.165) is 16.8 Å². The molecule has 0 radical (unpaired) electrons. The van der Waals surface area contributed by atoms with E-state index in [0.29, 0.717) is 0 Å². The van der Waals surface area contributed by atoms with Crippen molar-refractivity contribution in [3.05, 3.63) is 36.7 Å². The topological polar surface area (TPSA) is 46.9 Å². The fourth-order valence-electron chi connectivity index (χ4n) is 1.59. The minimum Gasteiger partial charge on any atom is -0.326 e. The molecule has 82 valence electrons. The predicted molar refractivity (Wildman–Crippen MR) is 62.9 cm³/mol. The summed E-state index contributed by atoms with van der Waals surface area (Å²) in [6, 6.07) is 7.67. The molecule has 0 aliphatic heterocycles. The van der Waals surface area contributed by atoms with Crippen molar-refractivity contribution in [3.63, 3.8) is 0 Å². The van der Waals surface area contributed by atoms with Gasteiger partial charge in [0.25, 0.3) is 0 Å². The maximum absolute atomic E-state index is 11.1. The highest BCUT2D eigenvalue weighted by Crippen LogP contribution is 2.26. The first-order valence-electron chi connectivity index (χ1n) is 5.02. The smallest absolute Gasteiger partial charge is 0.221 e. The lowest BCUT2D eigenvalue weighted by molar-refractivity contribution is -0.114. The third-order valence-electron chi connectivity index (χ3n) is 2.25. The SMILES string of the molecule is CC(=O)Nc1ccccc1-c1cnn(C)c1. The van der Waals surface area contributed by atoms with Gasteiger partial charge < -0.3 is 5.32 Å². The van der Waals surface area contributed by atoms with Crippen LogP contribution in [0.25, 0.3) is 11.1 Å². The molecule has 1 amide bonds. The molecule has 1 heterocycles. The zero-order valence-corrected chi connectivity index (χ0v) is 9.27. The monoisotopic (exact) mass is 215 g/mol. The maximum Gasteiger partial charge on any atom is 0.221 e. The number of hydrogen-bond donors (Lipinski definition) is 1. The van der Waals surface area contributed by atoms with Gasteiger partial charge in [0.15, 0.2) is 0 Å². The molecular weight excluding hydrogens is 202 g/mol. The molecule has 0 atom stereocenters. The lowest BCUT2D eigenvalue weighted by Gasteiger charge is -2.07. The van der Waals surface area contributed by atoms with Crippen molar-refractivity contribution in [1.29, 1.82) is 0 Å². The van der Waals surface area contributed by atoms with Crippen molar-refractivity contribution in [2.45, 2.75) is 6.92 Å². The third kappa shape index (κ3) is 2.11. The molecule has 2 aromatic rings. The lowest BCUT2D eigenvalue weighted by atomic mass is 10.1. The van der Waals surface area contributed by atoms with Crippen LogP contribution >= 0.6 is 0 Å². The van der Waals surface area contributed by atoms with Crippen LogP contribution in [0.2, 0.25) is 0 Å². The molecule has 0 saturated carbocycles. The maximum atomic E-state index is 11.1. The van der Waals surface area contributed by atoms with E-state index in [1.165, 1.54) is 6.92 Å². The fraction of sp³-hybridized carbons (Fsp3) is 0.167. The van der Waals surface area contributed by atoms with Crippen molar-refractivity contribution in [2.24, 2.45) is 7.05 Å². The minimum absolute atomic E-state index is 0.0728. The van der Waals surface area contributed by atoms with E-state index in [9.17, 15) is 4.79 Å². The highest BCUT2D eigenvalue weighted by atomic mass is 16.1. The minimum atomic E-state index is -0.0728. The van der Waals surface area contributed by atoms with Gasteiger partial charge in [-0.1, -0.05) is 18.2 Å². The molecule has 0 saturated heterocycles. The Morgan fingerprint density at radius 1 is 1.38 bits per heavy atom. The Kier molecular flexibility index (Phi) is 2.72. The van der Waals surface area contributed by atoms with Crippen LogP contribution in [0.15, 0.2) is 36.7 Å². The first kappa shape index (κ1) is 10.4. The van der Waals surface area contributed by atoms with Crippen LogP contribution in [0.4, 0.5) is 5.69 Å². The number of carbonyl (C=O) groups excluding carboxylic acids is 1. The number of nitrogens with zero attached hydrogens (tertiary/aromatic N) is 2. The van der Waals surface area contributed by atoms with Gasteiger partial charge in [0.1, 0.15) is 0 Å². The summed E-state index contributed by atoms with van der Waals surface area (Å²) >= 11 is 0. The number of para-hydroxylation sites is 1. The highest BCUT2D eigenvalue weighted by Gasteiger charge is 2.06. The number of rotatable bonds is 2. The summed E-state index contributed by atoms with van der Waals surface area (Å²) in [6.07, 6.45) is 3.70. The summed E-state index contributed by atoms with van der Waals surface area (Å²) in [5.41, 5.74) is 2.78. The van der Waals surface area contributed by atoms with Crippen molar-refractivity contribution in [3.8, 4) is 11.1 Å². The van der Waals surface area contributed by atoms with Crippen LogP contribution in [0.1, 0.15) is 6.92 Å². The zero-order valence-electron chi connectivity index (χ0n) is 9.27. The Labute approximate surface area is 93.9 Å². The van der Waals surface area contributed by atoms with Gasteiger partial charge in [0.2, 0.25) is 5.91 Å². The average Bonchev–Trinajstić information content (AvgIpc) is 2.65. The fourth-order valence-corrected chi connectivity index (χ4v) is 1.59. The number of carbonyl (C=O) groups is 1. The Hall–Kier alpha value is -2.10. The van der Waals surface area contributed by atoms with Gasteiger partial charge in [-0.05, 0) is 6.07 Å². The molecule has 4 nitrogen and oxygen atoms in total. The summed E-state index contributed by atoms with van der Waals surface area (Å²) in [7, 11) is 1.87. The van der Waals surface area contributed by atoms with Crippen molar-refractivity contribution in [2.75, 3.05) is 5.32 Å². The number of aryl methyl sites for hydroxylation is 1. The van der Waals surface area contributed by atoms with Crippen LogP contribution in [0.5, 0.6) is 0 Å². The van der Waals surface area contributed by atoms with E-state index in [2.05, 4.69) is 10.4 Å². The molecule has 0 unspecified atom stereocenters. The van der Waals surface area contributed by atoms with Crippen molar-refractivity contribution >= 4 is 11.6 Å². The van der Waals surface area contributed by atoms with Crippen LogP contribution in [-0.4, -0.2) is 15.7 Å². The van der Waals surface area contributed by atoms with E-state index in [1.807, 2.05) is 37.5 Å². The van der Waals surface area contributed by atoms with Gasteiger partial charge in [-0.2, -0.15) is 5.10 Å². The highest BCUT2D eigenvalue weighted by molar-refractivity contribution is 5.93. The van der Waals surface area contributed by atoms with Crippen LogP contribution in [0, 0.1) is 0 Å². The summed E-state index contributed by atoms with van der Waals surface area (Å²) in [4.78, 5) is 11.1. The van der Waals surface area contributed by atoms with Crippen LogP contribution < -0.4 is 5.32 Å². The van der Waals surface area contributed by atoms with E-state index in [-0.39, 0.29) is 5.91 Å². The number of aromatic nitrogens is 2. The second kappa shape index (κ2) is 4.18. The van der Waals surface area contributed by atoms with E-state index in [4.69, 9.17) is 0 Å². The second-order valence-corrected chi connectivity index (χ2v) is 3.63. The molecule has 2 rings (SSSR count). The summed E-state index contributed by atoms with van der Waals surface area (Å²) in [5.74, 6) is -0.0728.